The smallest absolute Gasteiger partial charge is 0.0112 e. The van der Waals surface area contributed by atoms with Gasteiger partial charge in [-0.15, -0.1) is 0 Å². The summed E-state index contributed by atoms with van der Waals surface area (Å²) in [6.07, 6.45) is 2.82. The first kappa shape index (κ1) is 20.9. The van der Waals surface area contributed by atoms with Crippen molar-refractivity contribution in [2.75, 3.05) is 53.4 Å². The van der Waals surface area contributed by atoms with E-state index in [1.165, 1.54) is 52.1 Å². The Morgan fingerprint density at radius 1 is 0.714 bits per heavy atom. The van der Waals surface area contributed by atoms with E-state index in [1.54, 1.807) is 0 Å². The normalized spacial score (nSPS) is 22.9. The summed E-state index contributed by atoms with van der Waals surface area (Å²) in [6.45, 7) is 16.8. The Hall–Kier alpha value is -0.120. The van der Waals surface area contributed by atoms with E-state index in [1.807, 2.05) is 0 Å². The Labute approximate surface area is 134 Å². The van der Waals surface area contributed by atoms with Crippen LogP contribution in [0.4, 0.5) is 0 Å². The summed E-state index contributed by atoms with van der Waals surface area (Å²) in [7, 11) is 4.41. The maximum absolute atomic E-state index is 2.53. The van der Waals surface area contributed by atoms with E-state index in [-0.39, 0.29) is 7.43 Å². The quantitative estimate of drug-likeness (QED) is 0.775. The molecule has 0 saturated carbocycles. The van der Waals surface area contributed by atoms with Crippen LogP contribution < -0.4 is 0 Å². The highest BCUT2D eigenvalue weighted by molar-refractivity contribution is 4.72. The fraction of sp³-hybridized carbons (Fsp3) is 1.00. The number of hydrogen-bond acceptors (Lipinski definition) is 3. The van der Waals surface area contributed by atoms with Crippen molar-refractivity contribution in [1.29, 1.82) is 0 Å². The van der Waals surface area contributed by atoms with Crippen molar-refractivity contribution in [3.8, 4) is 0 Å². The van der Waals surface area contributed by atoms with Gasteiger partial charge < -0.3 is 9.80 Å². The molecule has 2 heterocycles. The lowest BCUT2D eigenvalue weighted by Gasteiger charge is -2.34. The van der Waals surface area contributed by atoms with Gasteiger partial charge in [0.2, 0.25) is 0 Å². The third kappa shape index (κ3) is 8.18. The van der Waals surface area contributed by atoms with Gasteiger partial charge in [0.05, 0.1) is 0 Å². The third-order valence-corrected chi connectivity index (χ3v) is 4.97. The molecule has 2 aliphatic heterocycles. The molecule has 3 heteroatoms. The first-order valence-corrected chi connectivity index (χ1v) is 8.51. The lowest BCUT2D eigenvalue weighted by Crippen LogP contribution is -2.47. The van der Waals surface area contributed by atoms with Crippen LogP contribution in [0.3, 0.4) is 0 Å². The largest absolute Gasteiger partial charge is 0.306 e. The Kier molecular flexibility index (Phi) is 10.5. The standard InChI is InChI=1S/C9H19N.C8H18N2.CH4/c1-8(2)9-4-6-10(3)7-5-9;1-8(2)10-6-4-9(3)5-7-10;/h8-9H,4-7H2,1-3H3;8H,4-7H2,1-3H3;1H4. The van der Waals surface area contributed by atoms with Crippen molar-refractivity contribution in [2.45, 2.75) is 54.0 Å². The summed E-state index contributed by atoms with van der Waals surface area (Å²) in [5, 5.41) is 0. The molecule has 0 aromatic rings. The zero-order valence-corrected chi connectivity index (χ0v) is 14.7. The van der Waals surface area contributed by atoms with Crippen LogP contribution in [0.1, 0.15) is 48.0 Å². The van der Waals surface area contributed by atoms with Crippen LogP contribution in [-0.4, -0.2) is 74.1 Å². The van der Waals surface area contributed by atoms with Gasteiger partial charge in [0.1, 0.15) is 0 Å². The molecule has 0 radical (unpaired) electrons. The maximum Gasteiger partial charge on any atom is 0.0112 e. The van der Waals surface area contributed by atoms with Crippen molar-refractivity contribution >= 4 is 0 Å². The average molecular weight is 300 g/mol. The molecule has 0 spiro atoms. The first-order chi connectivity index (χ1) is 9.40. The van der Waals surface area contributed by atoms with Crippen molar-refractivity contribution in [2.24, 2.45) is 11.8 Å². The van der Waals surface area contributed by atoms with Crippen LogP contribution >= 0.6 is 0 Å². The minimum Gasteiger partial charge on any atom is -0.306 e. The van der Waals surface area contributed by atoms with Gasteiger partial charge in [-0.05, 0) is 65.7 Å². The van der Waals surface area contributed by atoms with Crippen LogP contribution in [0, 0.1) is 11.8 Å². The lowest BCUT2D eigenvalue weighted by molar-refractivity contribution is 0.126. The van der Waals surface area contributed by atoms with Gasteiger partial charge in [0.15, 0.2) is 0 Å². The van der Waals surface area contributed by atoms with Crippen molar-refractivity contribution in [3.63, 3.8) is 0 Å². The Balaban J connectivity index is 0.000000364. The number of hydrogen-bond donors (Lipinski definition) is 0. The molecule has 0 aromatic heterocycles. The second-order valence-corrected chi connectivity index (χ2v) is 7.32. The molecule has 2 saturated heterocycles. The number of likely N-dealkylation sites (tertiary alicyclic amines) is 1. The van der Waals surface area contributed by atoms with E-state index in [0.29, 0.717) is 0 Å². The van der Waals surface area contributed by atoms with Crippen LogP contribution in [0.25, 0.3) is 0 Å². The highest BCUT2D eigenvalue weighted by Gasteiger charge is 2.18. The molecule has 2 aliphatic rings. The zero-order chi connectivity index (χ0) is 15.1. The molecule has 2 rings (SSSR count). The van der Waals surface area contributed by atoms with E-state index in [2.05, 4.69) is 56.5 Å². The average Bonchev–Trinajstić information content (AvgIpc) is 2.40. The Bertz CT molecular complexity index is 211. The molecule has 0 bridgehead atoms. The molecule has 2 fully saturated rings. The molecule has 0 amide bonds. The van der Waals surface area contributed by atoms with Crippen molar-refractivity contribution in [1.82, 2.24) is 14.7 Å². The second-order valence-electron chi connectivity index (χ2n) is 7.32. The number of piperazine rings is 1. The summed E-state index contributed by atoms with van der Waals surface area (Å²) >= 11 is 0. The summed E-state index contributed by atoms with van der Waals surface area (Å²) in [6, 6.07) is 0.730. The molecule has 0 atom stereocenters. The zero-order valence-electron chi connectivity index (χ0n) is 14.7. The number of nitrogens with zero attached hydrogens (tertiary/aromatic N) is 3. The van der Waals surface area contributed by atoms with Gasteiger partial charge in [-0.3, -0.25) is 4.90 Å². The molecule has 3 nitrogen and oxygen atoms in total. The molecular weight excluding hydrogens is 258 g/mol. The van der Waals surface area contributed by atoms with E-state index in [4.69, 9.17) is 0 Å². The van der Waals surface area contributed by atoms with Crippen LogP contribution in [0.2, 0.25) is 0 Å². The predicted octanol–water partition coefficient (Wildman–Crippen LogP) is 3.26. The molecule has 0 aliphatic carbocycles. The Morgan fingerprint density at radius 3 is 1.52 bits per heavy atom. The fourth-order valence-corrected chi connectivity index (χ4v) is 3.03. The highest BCUT2D eigenvalue weighted by atomic mass is 15.3. The van der Waals surface area contributed by atoms with Gasteiger partial charge in [0, 0.05) is 32.2 Å². The number of rotatable bonds is 2. The van der Waals surface area contributed by atoms with Gasteiger partial charge in [-0.25, -0.2) is 0 Å². The third-order valence-electron chi connectivity index (χ3n) is 4.97. The number of likely N-dealkylation sites (N-methyl/N-ethyl adjacent to an activating group) is 1. The van der Waals surface area contributed by atoms with Gasteiger partial charge in [-0.2, -0.15) is 0 Å². The summed E-state index contributed by atoms with van der Waals surface area (Å²) in [4.78, 5) is 7.35. The van der Waals surface area contributed by atoms with E-state index >= 15 is 0 Å². The molecule has 0 aromatic carbocycles. The van der Waals surface area contributed by atoms with Crippen LogP contribution in [-0.2, 0) is 0 Å². The minimum atomic E-state index is 0. The first-order valence-electron chi connectivity index (χ1n) is 8.51. The summed E-state index contributed by atoms with van der Waals surface area (Å²) in [5.41, 5.74) is 0. The van der Waals surface area contributed by atoms with Crippen LogP contribution in [0.15, 0.2) is 0 Å². The second kappa shape index (κ2) is 10.6. The Morgan fingerprint density at radius 2 is 1.14 bits per heavy atom. The minimum absolute atomic E-state index is 0. The molecule has 0 unspecified atom stereocenters. The maximum atomic E-state index is 2.53. The van der Waals surface area contributed by atoms with Gasteiger partial charge in [0.25, 0.3) is 0 Å². The molecular formula is C18H41N3. The molecule has 128 valence electrons. The topological polar surface area (TPSA) is 9.72 Å². The van der Waals surface area contributed by atoms with Crippen molar-refractivity contribution in [3.05, 3.63) is 0 Å². The van der Waals surface area contributed by atoms with E-state index in [9.17, 15) is 0 Å². The molecule has 0 N–H and O–H groups in total. The predicted molar refractivity (Wildman–Crippen MR) is 96.0 cm³/mol. The van der Waals surface area contributed by atoms with Gasteiger partial charge >= 0.3 is 0 Å². The lowest BCUT2D eigenvalue weighted by atomic mass is 9.87. The molecule has 21 heavy (non-hydrogen) atoms. The van der Waals surface area contributed by atoms with Gasteiger partial charge in [-0.1, -0.05) is 21.3 Å². The van der Waals surface area contributed by atoms with E-state index < -0.39 is 0 Å². The summed E-state index contributed by atoms with van der Waals surface area (Å²) in [5.74, 6) is 1.89. The van der Waals surface area contributed by atoms with E-state index in [0.717, 1.165) is 17.9 Å². The van der Waals surface area contributed by atoms with Crippen LogP contribution in [0.5, 0.6) is 0 Å². The van der Waals surface area contributed by atoms with Crippen molar-refractivity contribution < 1.29 is 0 Å². The summed E-state index contributed by atoms with van der Waals surface area (Å²) < 4.78 is 0. The monoisotopic (exact) mass is 299 g/mol. The number of piperidine rings is 1. The SMILES string of the molecule is C.CC(C)C1CCN(C)CC1.CC(C)N1CCN(C)CC1. The fourth-order valence-electron chi connectivity index (χ4n) is 3.03. The highest BCUT2D eigenvalue weighted by Crippen LogP contribution is 2.23.